The van der Waals surface area contributed by atoms with Crippen molar-refractivity contribution < 1.29 is 19.4 Å². The molecule has 0 amide bonds. The molecule has 0 aromatic rings. The predicted octanol–water partition coefficient (Wildman–Crippen LogP) is 0.902. The van der Waals surface area contributed by atoms with Gasteiger partial charge in [-0.05, 0) is 13.0 Å². The second-order valence-electron chi connectivity index (χ2n) is 2.29. The van der Waals surface area contributed by atoms with Crippen molar-refractivity contribution in [1.82, 2.24) is 0 Å². The van der Waals surface area contributed by atoms with Gasteiger partial charge in [0, 0.05) is 6.08 Å². The second-order valence-corrected chi connectivity index (χ2v) is 2.29. The van der Waals surface area contributed by atoms with Crippen LogP contribution in [0, 0.1) is 0 Å². The fraction of sp³-hybridized carbons (Fsp3) is 0.375. The van der Waals surface area contributed by atoms with Crippen molar-refractivity contribution in [2.45, 2.75) is 19.5 Å². The lowest BCUT2D eigenvalue weighted by molar-refractivity contribution is -0.354. The molecule has 1 fully saturated rings. The highest BCUT2D eigenvalue weighted by molar-refractivity contribution is 5.80. The molecule has 0 saturated carbocycles. The second kappa shape index (κ2) is 4.04. The first-order chi connectivity index (χ1) is 5.68. The molecule has 12 heavy (non-hydrogen) atoms. The quantitative estimate of drug-likeness (QED) is 0.505. The van der Waals surface area contributed by atoms with Gasteiger partial charge in [-0.1, -0.05) is 12.2 Å². The molecule has 4 heteroatoms. The number of ether oxygens (including phenoxy) is 2. The third-order valence-corrected chi connectivity index (χ3v) is 1.27. The Morgan fingerprint density at radius 3 is 2.58 bits per heavy atom. The van der Waals surface area contributed by atoms with Crippen LogP contribution >= 0.6 is 0 Å². The normalized spacial score (nSPS) is 29.4. The fourth-order valence-electron chi connectivity index (χ4n) is 0.771. The lowest BCUT2D eigenvalue weighted by Crippen LogP contribution is -2.36. The molecule has 0 bridgehead atoms. The van der Waals surface area contributed by atoms with Gasteiger partial charge in [-0.3, -0.25) is 0 Å². The van der Waals surface area contributed by atoms with Gasteiger partial charge in [-0.25, -0.2) is 4.79 Å². The Balaban J connectivity index is 2.18. The van der Waals surface area contributed by atoms with Gasteiger partial charge in [0.1, 0.15) is 0 Å². The SMILES string of the molecule is CC1OC(/C=C\C=C\C(=O)O)O1. The van der Waals surface area contributed by atoms with Crippen LogP contribution in [0.3, 0.4) is 0 Å². The standard InChI is InChI=1S/C8H10O4/c1-6-11-8(12-6)5-3-2-4-7(9)10/h2-6,8H,1H3,(H,9,10)/b4-2+,5-3-. The lowest BCUT2D eigenvalue weighted by atomic mass is 10.4. The number of hydrogen-bond acceptors (Lipinski definition) is 3. The van der Waals surface area contributed by atoms with Gasteiger partial charge in [0.2, 0.25) is 0 Å². The van der Waals surface area contributed by atoms with Crippen LogP contribution in [0.15, 0.2) is 24.3 Å². The zero-order valence-electron chi connectivity index (χ0n) is 6.64. The highest BCUT2D eigenvalue weighted by atomic mass is 16.9. The Hall–Kier alpha value is -1.13. The maximum Gasteiger partial charge on any atom is 0.328 e. The van der Waals surface area contributed by atoms with E-state index in [1.54, 1.807) is 19.1 Å². The average molecular weight is 170 g/mol. The smallest absolute Gasteiger partial charge is 0.328 e. The summed E-state index contributed by atoms with van der Waals surface area (Å²) in [5.74, 6) is -0.969. The van der Waals surface area contributed by atoms with Gasteiger partial charge >= 0.3 is 5.97 Å². The molecule has 1 rings (SSSR count). The molecule has 1 heterocycles. The summed E-state index contributed by atoms with van der Waals surface area (Å²) >= 11 is 0. The molecule has 0 aliphatic carbocycles. The minimum atomic E-state index is -0.969. The van der Waals surface area contributed by atoms with Gasteiger partial charge in [0.15, 0.2) is 12.6 Å². The number of carboxylic acid groups (broad SMARTS) is 1. The third-order valence-electron chi connectivity index (χ3n) is 1.27. The van der Waals surface area contributed by atoms with E-state index in [2.05, 4.69) is 0 Å². The molecule has 1 N–H and O–H groups in total. The summed E-state index contributed by atoms with van der Waals surface area (Å²) < 4.78 is 10.1. The Labute approximate surface area is 70.1 Å². The van der Waals surface area contributed by atoms with E-state index < -0.39 is 5.97 Å². The monoisotopic (exact) mass is 170 g/mol. The van der Waals surface area contributed by atoms with Crippen LogP contribution in [0.5, 0.6) is 0 Å². The van der Waals surface area contributed by atoms with Gasteiger partial charge in [0.25, 0.3) is 0 Å². The van der Waals surface area contributed by atoms with Crippen molar-refractivity contribution in [3.8, 4) is 0 Å². The van der Waals surface area contributed by atoms with Crippen LogP contribution in [0.25, 0.3) is 0 Å². The van der Waals surface area contributed by atoms with Crippen LogP contribution in [-0.2, 0) is 14.3 Å². The highest BCUT2D eigenvalue weighted by Gasteiger charge is 2.23. The maximum atomic E-state index is 10.00. The predicted molar refractivity (Wildman–Crippen MR) is 41.3 cm³/mol. The minimum Gasteiger partial charge on any atom is -0.478 e. The summed E-state index contributed by atoms with van der Waals surface area (Å²) in [7, 11) is 0. The molecule has 1 aliphatic heterocycles. The van der Waals surface area contributed by atoms with E-state index >= 15 is 0 Å². The molecule has 0 aromatic carbocycles. The Morgan fingerprint density at radius 1 is 1.42 bits per heavy atom. The molecular formula is C8H10O4. The molecule has 0 radical (unpaired) electrons. The number of hydrogen-bond donors (Lipinski definition) is 1. The molecule has 0 unspecified atom stereocenters. The molecule has 1 aliphatic rings. The first kappa shape index (κ1) is 8.96. The van der Waals surface area contributed by atoms with Crippen molar-refractivity contribution >= 4 is 5.97 Å². The number of rotatable bonds is 3. The summed E-state index contributed by atoms with van der Waals surface area (Å²) in [6.07, 6.45) is 5.20. The fourth-order valence-corrected chi connectivity index (χ4v) is 0.771. The number of aliphatic carboxylic acids is 1. The molecule has 4 nitrogen and oxygen atoms in total. The van der Waals surface area contributed by atoms with E-state index in [0.717, 1.165) is 6.08 Å². The lowest BCUT2D eigenvalue weighted by Gasteiger charge is -2.31. The average Bonchev–Trinajstić information content (AvgIpc) is 1.93. The van der Waals surface area contributed by atoms with Crippen molar-refractivity contribution in [1.29, 1.82) is 0 Å². The number of allylic oxidation sites excluding steroid dienone is 2. The van der Waals surface area contributed by atoms with Crippen LogP contribution in [0.1, 0.15) is 6.92 Å². The van der Waals surface area contributed by atoms with Crippen molar-refractivity contribution in [2.24, 2.45) is 0 Å². The number of carboxylic acids is 1. The van der Waals surface area contributed by atoms with Gasteiger partial charge in [-0.2, -0.15) is 0 Å². The van der Waals surface area contributed by atoms with Crippen LogP contribution < -0.4 is 0 Å². The summed E-state index contributed by atoms with van der Waals surface area (Å²) in [4.78, 5) is 10.00. The first-order valence-corrected chi connectivity index (χ1v) is 3.57. The third kappa shape index (κ3) is 2.86. The Kier molecular flexibility index (Phi) is 3.01. The van der Waals surface area contributed by atoms with Gasteiger partial charge < -0.3 is 14.6 Å². The van der Waals surface area contributed by atoms with Gasteiger partial charge in [-0.15, -0.1) is 0 Å². The van der Waals surface area contributed by atoms with E-state index in [0.29, 0.717) is 0 Å². The zero-order valence-corrected chi connectivity index (χ0v) is 6.64. The largest absolute Gasteiger partial charge is 0.478 e. The molecule has 0 aromatic heterocycles. The van der Waals surface area contributed by atoms with E-state index in [1.165, 1.54) is 6.08 Å². The summed E-state index contributed by atoms with van der Waals surface area (Å²) in [6, 6.07) is 0. The Bertz CT molecular complexity index is 213. The topological polar surface area (TPSA) is 55.8 Å². The van der Waals surface area contributed by atoms with Crippen LogP contribution in [-0.4, -0.2) is 23.7 Å². The summed E-state index contributed by atoms with van der Waals surface area (Å²) in [5, 5.41) is 8.21. The highest BCUT2D eigenvalue weighted by Crippen LogP contribution is 2.16. The Morgan fingerprint density at radius 2 is 2.08 bits per heavy atom. The van der Waals surface area contributed by atoms with Crippen molar-refractivity contribution in [3.63, 3.8) is 0 Å². The van der Waals surface area contributed by atoms with Crippen molar-refractivity contribution in [2.75, 3.05) is 0 Å². The molecule has 0 spiro atoms. The number of carbonyl (C=O) groups is 1. The van der Waals surface area contributed by atoms with E-state index in [-0.39, 0.29) is 12.6 Å². The summed E-state index contributed by atoms with van der Waals surface area (Å²) in [6.45, 7) is 1.79. The molecular weight excluding hydrogens is 160 g/mol. The van der Waals surface area contributed by atoms with E-state index in [1.807, 2.05) is 0 Å². The van der Waals surface area contributed by atoms with E-state index in [9.17, 15) is 4.79 Å². The van der Waals surface area contributed by atoms with Gasteiger partial charge in [0.05, 0.1) is 0 Å². The van der Waals surface area contributed by atoms with Crippen LogP contribution in [0.2, 0.25) is 0 Å². The van der Waals surface area contributed by atoms with E-state index in [4.69, 9.17) is 14.6 Å². The summed E-state index contributed by atoms with van der Waals surface area (Å²) in [5.41, 5.74) is 0. The maximum absolute atomic E-state index is 10.00. The molecule has 66 valence electrons. The van der Waals surface area contributed by atoms with Crippen molar-refractivity contribution in [3.05, 3.63) is 24.3 Å². The first-order valence-electron chi connectivity index (χ1n) is 3.57. The zero-order chi connectivity index (χ0) is 8.97. The molecule has 0 atom stereocenters. The van der Waals surface area contributed by atoms with Crippen LogP contribution in [0.4, 0.5) is 0 Å². The minimum absolute atomic E-state index is 0.150. The molecule has 1 saturated heterocycles.